The molecule has 0 amide bonds. The average Bonchev–Trinajstić information content (AvgIpc) is 3.04. The molecule has 4 heteroatoms. The highest BCUT2D eigenvalue weighted by Crippen LogP contribution is 2.15. The van der Waals surface area contributed by atoms with Crippen LogP contribution in [0.4, 0.5) is 0 Å². The van der Waals surface area contributed by atoms with Crippen molar-refractivity contribution in [3.63, 3.8) is 0 Å². The molecule has 0 heterocycles. The maximum Gasteiger partial charge on any atom is 0.166 e. The Morgan fingerprint density at radius 2 is 0.891 bits per heavy atom. The second-order valence-corrected chi connectivity index (χ2v) is 14.1. The van der Waals surface area contributed by atoms with E-state index in [1.807, 2.05) is 0 Å². The Hall–Kier alpha value is -1.39. The molecule has 0 aromatic rings. The van der Waals surface area contributed by atoms with Crippen LogP contribution in [-0.2, 0) is 0 Å². The van der Waals surface area contributed by atoms with Gasteiger partial charge in [0.25, 0.3) is 0 Å². The molecule has 46 heavy (non-hydrogen) atoms. The number of thiocarbonyl (C=S) groups is 1. The third kappa shape index (κ3) is 37.1. The predicted molar refractivity (Wildman–Crippen MR) is 214 cm³/mol. The fourth-order valence-electron chi connectivity index (χ4n) is 5.68. The standard InChI is InChI=1S/C42H79N3S/c1-5-7-9-11-13-15-17-19-21-23-25-27-29-31-33-35-37-41(44-42(46)43-39-40-45(3)4)38-36-34-32-30-28-26-24-22-20-18-16-14-12-10-8-6-2/h13-16,19-22,41H,5-12,17-18,23-40H2,1-4H3,(H2,43,44,46)/b15-13-,16-14-,21-19-,22-20-. The Labute approximate surface area is 294 Å². The van der Waals surface area contributed by atoms with Crippen molar-refractivity contribution in [2.75, 3.05) is 27.2 Å². The normalized spacial score (nSPS) is 12.3. The maximum absolute atomic E-state index is 5.65. The highest BCUT2D eigenvalue weighted by atomic mass is 32.1. The zero-order valence-electron chi connectivity index (χ0n) is 31.4. The van der Waals surface area contributed by atoms with Gasteiger partial charge in [-0.1, -0.05) is 152 Å². The molecule has 0 aromatic carbocycles. The molecule has 0 rings (SSSR count). The average molecular weight is 658 g/mol. The lowest BCUT2D eigenvalue weighted by atomic mass is 10.00. The van der Waals surface area contributed by atoms with E-state index in [9.17, 15) is 0 Å². The molecule has 0 fully saturated rings. The maximum atomic E-state index is 5.65. The SMILES string of the molecule is CCCCC/C=C\C/C=C\CCCCCCCCC(CCCCCCCC/C=C\C/C=C\CCCCC)NC(=S)NCCN(C)C. The van der Waals surface area contributed by atoms with E-state index in [0.717, 1.165) is 31.0 Å². The first-order valence-electron chi connectivity index (χ1n) is 19.9. The van der Waals surface area contributed by atoms with Crippen molar-refractivity contribution in [1.29, 1.82) is 0 Å². The molecule has 0 spiro atoms. The Morgan fingerprint density at radius 1 is 0.522 bits per heavy atom. The quantitative estimate of drug-likeness (QED) is 0.0409. The third-order valence-corrected chi connectivity index (χ3v) is 8.95. The van der Waals surface area contributed by atoms with Crippen LogP contribution >= 0.6 is 12.2 Å². The van der Waals surface area contributed by atoms with Gasteiger partial charge in [-0.15, -0.1) is 0 Å². The minimum Gasteiger partial charge on any atom is -0.361 e. The van der Waals surface area contributed by atoms with Gasteiger partial charge in [-0.25, -0.2) is 0 Å². The van der Waals surface area contributed by atoms with E-state index in [1.54, 1.807) is 0 Å². The molecule has 268 valence electrons. The molecular formula is C42H79N3S. The number of likely N-dealkylation sites (N-methyl/N-ethyl adjacent to an activating group) is 1. The van der Waals surface area contributed by atoms with Crippen molar-refractivity contribution >= 4 is 17.3 Å². The monoisotopic (exact) mass is 658 g/mol. The molecule has 3 nitrogen and oxygen atoms in total. The van der Waals surface area contributed by atoms with Crippen molar-refractivity contribution in [2.24, 2.45) is 0 Å². The van der Waals surface area contributed by atoms with E-state index < -0.39 is 0 Å². The lowest BCUT2D eigenvalue weighted by Crippen LogP contribution is -2.43. The van der Waals surface area contributed by atoms with E-state index in [1.165, 1.54) is 154 Å². The van der Waals surface area contributed by atoms with Crippen LogP contribution in [0, 0.1) is 0 Å². The Bertz CT molecular complexity index is 691. The van der Waals surface area contributed by atoms with Gasteiger partial charge in [0, 0.05) is 19.1 Å². The van der Waals surface area contributed by atoms with Crippen molar-refractivity contribution in [3.05, 3.63) is 48.6 Å². The third-order valence-electron chi connectivity index (χ3n) is 8.69. The zero-order valence-corrected chi connectivity index (χ0v) is 32.2. The van der Waals surface area contributed by atoms with E-state index >= 15 is 0 Å². The minimum atomic E-state index is 0.510. The smallest absolute Gasteiger partial charge is 0.166 e. The largest absolute Gasteiger partial charge is 0.361 e. The second kappa shape index (κ2) is 38.1. The van der Waals surface area contributed by atoms with Gasteiger partial charge in [0.05, 0.1) is 0 Å². The molecule has 0 saturated carbocycles. The molecule has 0 unspecified atom stereocenters. The van der Waals surface area contributed by atoms with Crippen LogP contribution < -0.4 is 10.6 Å². The number of unbranched alkanes of at least 4 members (excludes halogenated alkanes) is 18. The van der Waals surface area contributed by atoms with E-state index in [0.29, 0.717) is 6.04 Å². The summed E-state index contributed by atoms with van der Waals surface area (Å²) in [5.74, 6) is 0. The minimum absolute atomic E-state index is 0.510. The summed E-state index contributed by atoms with van der Waals surface area (Å²) in [6, 6.07) is 0.510. The van der Waals surface area contributed by atoms with E-state index in [-0.39, 0.29) is 0 Å². The summed E-state index contributed by atoms with van der Waals surface area (Å²) in [6.45, 7) is 6.45. The fourth-order valence-corrected chi connectivity index (χ4v) is 5.94. The molecule has 2 N–H and O–H groups in total. The fraction of sp³-hybridized carbons (Fsp3) is 0.786. The van der Waals surface area contributed by atoms with Gasteiger partial charge < -0.3 is 15.5 Å². The number of allylic oxidation sites excluding steroid dienone is 8. The Balaban J connectivity index is 4.01. The summed E-state index contributed by atoms with van der Waals surface area (Å²) >= 11 is 5.65. The summed E-state index contributed by atoms with van der Waals surface area (Å²) in [4.78, 5) is 2.20. The van der Waals surface area contributed by atoms with Crippen LogP contribution in [0.25, 0.3) is 0 Å². The first kappa shape index (κ1) is 44.6. The van der Waals surface area contributed by atoms with Gasteiger partial charge in [-0.2, -0.15) is 0 Å². The Kier molecular flexibility index (Phi) is 36.9. The van der Waals surface area contributed by atoms with Gasteiger partial charge in [0.1, 0.15) is 0 Å². The molecule has 0 aliphatic rings. The number of hydrogen-bond acceptors (Lipinski definition) is 2. The second-order valence-electron chi connectivity index (χ2n) is 13.6. The highest BCUT2D eigenvalue weighted by molar-refractivity contribution is 7.80. The number of rotatable bonds is 34. The summed E-state index contributed by atoms with van der Waals surface area (Å²) in [5.41, 5.74) is 0. The van der Waals surface area contributed by atoms with Crippen LogP contribution in [0.3, 0.4) is 0 Å². The van der Waals surface area contributed by atoms with Crippen LogP contribution in [0.5, 0.6) is 0 Å². The van der Waals surface area contributed by atoms with Crippen molar-refractivity contribution in [1.82, 2.24) is 15.5 Å². The molecule has 0 aliphatic carbocycles. The van der Waals surface area contributed by atoms with Crippen LogP contribution in [-0.4, -0.2) is 43.2 Å². The molecular weight excluding hydrogens is 579 g/mol. The highest BCUT2D eigenvalue weighted by Gasteiger charge is 2.10. The van der Waals surface area contributed by atoms with Crippen LogP contribution in [0.15, 0.2) is 48.6 Å². The zero-order chi connectivity index (χ0) is 33.6. The van der Waals surface area contributed by atoms with E-state index in [2.05, 4.69) is 92.1 Å². The van der Waals surface area contributed by atoms with Crippen LogP contribution in [0.2, 0.25) is 0 Å². The van der Waals surface area contributed by atoms with Gasteiger partial charge in [0.2, 0.25) is 0 Å². The topological polar surface area (TPSA) is 27.3 Å². The van der Waals surface area contributed by atoms with E-state index in [4.69, 9.17) is 12.2 Å². The summed E-state index contributed by atoms with van der Waals surface area (Å²) in [6.07, 6.45) is 52.7. The summed E-state index contributed by atoms with van der Waals surface area (Å²) in [7, 11) is 4.22. The van der Waals surface area contributed by atoms with Gasteiger partial charge in [0.15, 0.2) is 5.11 Å². The first-order valence-corrected chi connectivity index (χ1v) is 20.3. The van der Waals surface area contributed by atoms with Crippen LogP contribution in [0.1, 0.15) is 181 Å². The molecule has 0 bridgehead atoms. The predicted octanol–water partition coefficient (Wildman–Crippen LogP) is 12.8. The lowest BCUT2D eigenvalue weighted by molar-refractivity contribution is 0.410. The lowest BCUT2D eigenvalue weighted by Gasteiger charge is -2.22. The van der Waals surface area contributed by atoms with Gasteiger partial charge in [-0.3, -0.25) is 0 Å². The number of hydrogen-bond donors (Lipinski definition) is 2. The molecule has 0 aromatic heterocycles. The Morgan fingerprint density at radius 3 is 1.28 bits per heavy atom. The molecule has 0 radical (unpaired) electrons. The summed E-state index contributed by atoms with van der Waals surface area (Å²) < 4.78 is 0. The van der Waals surface area contributed by atoms with Crippen molar-refractivity contribution < 1.29 is 0 Å². The van der Waals surface area contributed by atoms with Gasteiger partial charge in [-0.05, 0) is 103 Å². The number of nitrogens with one attached hydrogen (secondary N) is 2. The first-order chi connectivity index (χ1) is 22.6. The summed E-state index contributed by atoms with van der Waals surface area (Å²) in [5, 5.41) is 7.93. The van der Waals surface area contributed by atoms with Gasteiger partial charge >= 0.3 is 0 Å². The molecule has 0 atom stereocenters. The molecule has 0 saturated heterocycles. The van der Waals surface area contributed by atoms with Crippen molar-refractivity contribution in [3.8, 4) is 0 Å². The van der Waals surface area contributed by atoms with Crippen molar-refractivity contribution in [2.45, 2.75) is 187 Å². The molecule has 0 aliphatic heterocycles. The number of nitrogens with zero attached hydrogens (tertiary/aromatic N) is 1.